The van der Waals surface area contributed by atoms with Gasteiger partial charge in [-0.25, -0.2) is 4.79 Å². The number of amides is 1. The van der Waals surface area contributed by atoms with Gasteiger partial charge in [-0.3, -0.25) is 0 Å². The van der Waals surface area contributed by atoms with Gasteiger partial charge in [-0.1, -0.05) is 60.7 Å². The van der Waals surface area contributed by atoms with E-state index in [0.29, 0.717) is 12.5 Å². The molecule has 0 aromatic heterocycles. The van der Waals surface area contributed by atoms with Crippen molar-refractivity contribution >= 4 is 6.09 Å². The van der Waals surface area contributed by atoms with Crippen molar-refractivity contribution in [2.24, 2.45) is 0 Å². The van der Waals surface area contributed by atoms with Gasteiger partial charge >= 0.3 is 12.3 Å². The van der Waals surface area contributed by atoms with Crippen LogP contribution in [0.4, 0.5) is 18.0 Å². The van der Waals surface area contributed by atoms with Crippen molar-refractivity contribution in [2.45, 2.75) is 37.6 Å². The highest BCUT2D eigenvalue weighted by Crippen LogP contribution is 2.52. The Morgan fingerprint density at radius 1 is 0.969 bits per heavy atom. The predicted molar refractivity (Wildman–Crippen MR) is 115 cm³/mol. The van der Waals surface area contributed by atoms with E-state index >= 15 is 0 Å². The van der Waals surface area contributed by atoms with Crippen LogP contribution in [0.1, 0.15) is 47.1 Å². The third-order valence-electron chi connectivity index (χ3n) is 6.48. The first-order chi connectivity index (χ1) is 15.4. The average Bonchev–Trinajstić information content (AvgIpc) is 3.10. The number of ether oxygens (including phenoxy) is 1. The maximum Gasteiger partial charge on any atom is 0.416 e. The van der Waals surface area contributed by atoms with Gasteiger partial charge in [0.05, 0.1) is 11.6 Å². The van der Waals surface area contributed by atoms with Crippen molar-refractivity contribution in [1.29, 1.82) is 0 Å². The highest BCUT2D eigenvalue weighted by atomic mass is 19.4. The van der Waals surface area contributed by atoms with Crippen molar-refractivity contribution in [1.82, 2.24) is 4.90 Å². The van der Waals surface area contributed by atoms with Crippen LogP contribution in [0.3, 0.4) is 0 Å². The maximum absolute atomic E-state index is 13.0. The third-order valence-corrected chi connectivity index (χ3v) is 6.48. The van der Waals surface area contributed by atoms with E-state index in [4.69, 9.17) is 4.74 Å². The van der Waals surface area contributed by atoms with Gasteiger partial charge in [-0.15, -0.1) is 0 Å². The molecule has 1 saturated heterocycles. The van der Waals surface area contributed by atoms with Gasteiger partial charge < -0.3 is 9.64 Å². The number of carbonyl (C=O) groups is 1. The summed E-state index contributed by atoms with van der Waals surface area (Å²) in [5, 5.41) is 0. The number of benzene rings is 3. The second kappa shape index (κ2) is 8.01. The highest BCUT2D eigenvalue weighted by Gasteiger charge is 2.42. The summed E-state index contributed by atoms with van der Waals surface area (Å²) in [5.74, 6) is 0.350. The van der Waals surface area contributed by atoms with Crippen LogP contribution in [0.15, 0.2) is 72.8 Å². The lowest BCUT2D eigenvalue weighted by atomic mass is 9.93. The quantitative estimate of drug-likeness (QED) is 0.444. The van der Waals surface area contributed by atoms with Gasteiger partial charge in [-0.2, -0.15) is 13.2 Å². The fraction of sp³-hybridized carbons (Fsp3) is 0.269. The number of rotatable bonds is 3. The zero-order valence-corrected chi connectivity index (χ0v) is 17.3. The largest absolute Gasteiger partial charge is 0.445 e. The lowest BCUT2D eigenvalue weighted by Gasteiger charge is -2.33. The molecule has 1 aliphatic heterocycles. The lowest BCUT2D eigenvalue weighted by Crippen LogP contribution is -2.38. The third kappa shape index (κ3) is 3.74. The molecule has 2 atom stereocenters. The van der Waals surface area contributed by atoms with Crippen LogP contribution >= 0.6 is 0 Å². The van der Waals surface area contributed by atoms with E-state index in [1.54, 1.807) is 4.90 Å². The van der Waals surface area contributed by atoms with E-state index in [9.17, 15) is 18.0 Å². The first-order valence-electron chi connectivity index (χ1n) is 10.7. The van der Waals surface area contributed by atoms with E-state index in [1.807, 2.05) is 42.5 Å². The Bertz CT molecular complexity index is 1130. The fourth-order valence-corrected chi connectivity index (χ4v) is 4.94. The molecule has 6 heteroatoms. The molecule has 0 radical (unpaired) electrons. The molecule has 32 heavy (non-hydrogen) atoms. The molecule has 1 heterocycles. The molecule has 3 aromatic carbocycles. The minimum atomic E-state index is -4.37. The van der Waals surface area contributed by atoms with E-state index < -0.39 is 11.7 Å². The van der Waals surface area contributed by atoms with Crippen molar-refractivity contribution in [3.63, 3.8) is 0 Å². The molecule has 2 aliphatic rings. The predicted octanol–water partition coefficient (Wildman–Crippen LogP) is 6.94. The van der Waals surface area contributed by atoms with Crippen molar-refractivity contribution < 1.29 is 22.7 Å². The number of alkyl halides is 3. The van der Waals surface area contributed by atoms with Gasteiger partial charge in [0.15, 0.2) is 0 Å². The summed E-state index contributed by atoms with van der Waals surface area (Å²) >= 11 is 0. The Balaban J connectivity index is 1.43. The van der Waals surface area contributed by atoms with Gasteiger partial charge in [-0.05, 0) is 58.7 Å². The minimum absolute atomic E-state index is 0.134. The van der Waals surface area contributed by atoms with Gasteiger partial charge in [0.2, 0.25) is 0 Å². The number of hydrogen-bond donors (Lipinski definition) is 0. The molecule has 3 aromatic rings. The number of hydrogen-bond acceptors (Lipinski definition) is 2. The van der Waals surface area contributed by atoms with Gasteiger partial charge in [0.1, 0.15) is 6.61 Å². The van der Waals surface area contributed by atoms with E-state index in [-0.39, 0.29) is 18.7 Å². The van der Waals surface area contributed by atoms with Crippen LogP contribution in [0.2, 0.25) is 0 Å². The van der Waals surface area contributed by atoms with Crippen LogP contribution in [0, 0.1) is 0 Å². The van der Waals surface area contributed by atoms with Crippen molar-refractivity contribution in [3.05, 3.63) is 95.1 Å². The number of piperidine rings is 1. The Kier molecular flexibility index (Phi) is 5.16. The molecule has 1 fully saturated rings. The van der Waals surface area contributed by atoms with Gasteiger partial charge in [0, 0.05) is 6.54 Å². The number of nitrogens with zero attached hydrogens (tertiary/aromatic N) is 1. The smallest absolute Gasteiger partial charge is 0.416 e. The molecule has 0 N–H and O–H groups in total. The first kappa shape index (κ1) is 20.6. The Morgan fingerprint density at radius 2 is 1.72 bits per heavy atom. The summed E-state index contributed by atoms with van der Waals surface area (Å²) in [6.07, 6.45) is -3.06. The van der Waals surface area contributed by atoms with Crippen LogP contribution < -0.4 is 0 Å². The second-order valence-electron chi connectivity index (χ2n) is 8.35. The molecule has 2 bridgehead atoms. The van der Waals surface area contributed by atoms with E-state index in [1.165, 1.54) is 17.7 Å². The molecule has 1 aliphatic carbocycles. The zero-order valence-electron chi connectivity index (χ0n) is 17.3. The average molecular weight is 437 g/mol. The number of fused-ring (bicyclic) bond motifs is 5. The molecule has 1 unspecified atom stereocenters. The van der Waals surface area contributed by atoms with Crippen molar-refractivity contribution in [2.75, 3.05) is 6.54 Å². The Morgan fingerprint density at radius 3 is 2.44 bits per heavy atom. The highest BCUT2D eigenvalue weighted by molar-refractivity contribution is 5.75. The Labute approximate surface area is 184 Å². The molecule has 0 spiro atoms. The summed E-state index contributed by atoms with van der Waals surface area (Å²) in [6.45, 7) is 0.809. The number of likely N-dealkylation sites (tertiary alicyclic amines) is 1. The molecule has 164 valence electrons. The van der Waals surface area contributed by atoms with Crippen LogP contribution in [-0.2, 0) is 17.5 Å². The first-order valence-corrected chi connectivity index (χ1v) is 10.7. The summed E-state index contributed by atoms with van der Waals surface area (Å²) in [4.78, 5) is 14.7. The standard InChI is InChI=1S/C26H22F3NO2/c27-26(28,29)20-11-9-18(10-12-20)21-7-4-8-22-19-13-14-30(23(15-19)24(21)22)25(31)32-16-17-5-2-1-3-6-17/h1-12,19,23H,13-16H2/t19?,23-/m1/s1. The molecule has 3 nitrogen and oxygen atoms in total. The minimum Gasteiger partial charge on any atom is -0.445 e. The fourth-order valence-electron chi connectivity index (χ4n) is 4.94. The normalized spacial score (nSPS) is 19.5. The maximum atomic E-state index is 13.0. The Hall–Kier alpha value is -3.28. The van der Waals surface area contributed by atoms with E-state index in [0.717, 1.165) is 47.2 Å². The summed E-state index contributed by atoms with van der Waals surface area (Å²) < 4.78 is 44.6. The molecular formula is C26H22F3NO2. The zero-order chi connectivity index (χ0) is 22.3. The molecule has 0 saturated carbocycles. The number of halogens is 3. The van der Waals surface area contributed by atoms with Crippen molar-refractivity contribution in [3.8, 4) is 11.1 Å². The summed E-state index contributed by atoms with van der Waals surface area (Å²) in [6, 6.07) is 20.6. The van der Waals surface area contributed by atoms with Crippen LogP contribution in [0.5, 0.6) is 0 Å². The van der Waals surface area contributed by atoms with E-state index in [2.05, 4.69) is 6.07 Å². The monoisotopic (exact) mass is 437 g/mol. The topological polar surface area (TPSA) is 29.5 Å². The number of carbonyl (C=O) groups excluding carboxylic acids is 1. The second-order valence-corrected chi connectivity index (χ2v) is 8.35. The van der Waals surface area contributed by atoms with Crippen LogP contribution in [0.25, 0.3) is 11.1 Å². The molecule has 5 rings (SSSR count). The lowest BCUT2D eigenvalue weighted by molar-refractivity contribution is -0.137. The summed E-state index contributed by atoms with van der Waals surface area (Å²) in [7, 11) is 0. The summed E-state index contributed by atoms with van der Waals surface area (Å²) in [5.41, 5.74) is 4.08. The van der Waals surface area contributed by atoms with Gasteiger partial charge in [0.25, 0.3) is 0 Å². The van der Waals surface area contributed by atoms with Crippen LogP contribution in [-0.4, -0.2) is 17.5 Å². The molecular weight excluding hydrogens is 415 g/mol. The molecule has 1 amide bonds. The SMILES string of the molecule is O=C(OCc1ccccc1)N1CCC2C[C@@H]1c1c(-c3ccc(C(F)(F)F)cc3)cccc12.